The third-order valence-corrected chi connectivity index (χ3v) is 3.89. The molecule has 0 unspecified atom stereocenters. The Kier molecular flexibility index (Phi) is 5.32. The van der Waals surface area contributed by atoms with E-state index in [9.17, 15) is 9.59 Å². The van der Waals surface area contributed by atoms with Gasteiger partial charge < -0.3 is 19.7 Å². The number of nitrogens with zero attached hydrogens (tertiary/aromatic N) is 2. The first-order chi connectivity index (χ1) is 10.6. The van der Waals surface area contributed by atoms with Crippen molar-refractivity contribution in [3.63, 3.8) is 0 Å². The van der Waals surface area contributed by atoms with Crippen molar-refractivity contribution < 1.29 is 19.1 Å². The van der Waals surface area contributed by atoms with Crippen LogP contribution in [0.25, 0.3) is 0 Å². The zero-order valence-corrected chi connectivity index (χ0v) is 13.0. The number of rotatable bonds is 5. The first kappa shape index (κ1) is 16.2. The molecule has 1 aromatic heterocycles. The molecule has 0 saturated carbocycles. The molecule has 1 aliphatic heterocycles. The predicted molar refractivity (Wildman–Crippen MR) is 79.7 cm³/mol. The van der Waals surface area contributed by atoms with Gasteiger partial charge in [-0.2, -0.15) is 0 Å². The number of amides is 2. The zero-order chi connectivity index (χ0) is 16.1. The van der Waals surface area contributed by atoms with Gasteiger partial charge in [0.2, 0.25) is 11.8 Å². The molecule has 2 amide bonds. The van der Waals surface area contributed by atoms with Crippen molar-refractivity contribution in [1.29, 1.82) is 0 Å². The van der Waals surface area contributed by atoms with Crippen LogP contribution in [0.4, 0.5) is 0 Å². The third-order valence-electron chi connectivity index (χ3n) is 3.89. The van der Waals surface area contributed by atoms with E-state index in [1.165, 1.54) is 13.3 Å². The zero-order valence-electron chi connectivity index (χ0n) is 13.0. The maximum Gasteiger partial charge on any atom is 0.254 e. The van der Waals surface area contributed by atoms with Crippen LogP contribution in [-0.2, 0) is 9.53 Å². The second-order valence-corrected chi connectivity index (χ2v) is 5.21. The van der Waals surface area contributed by atoms with Gasteiger partial charge in [0.1, 0.15) is 0 Å². The lowest BCUT2D eigenvalue weighted by atomic mass is 10.0. The van der Waals surface area contributed by atoms with Gasteiger partial charge in [0.15, 0.2) is 0 Å². The predicted octanol–water partition coefficient (Wildman–Crippen LogP) is 0.313. The van der Waals surface area contributed by atoms with Crippen molar-refractivity contribution in [1.82, 2.24) is 15.2 Å². The molecule has 7 nitrogen and oxygen atoms in total. The van der Waals surface area contributed by atoms with Crippen LogP contribution < -0.4 is 10.1 Å². The standard InChI is InChI=1S/C15H21N3O4/c1-16-13(19)6-11-8-18(9-12(11)21-2)15(20)10-4-5-17-14(7-10)22-3/h4-5,7,11-12H,6,8-9H2,1-3H3,(H,16,19)/t11-,12-/m0/s1. The molecule has 22 heavy (non-hydrogen) atoms. The SMILES string of the molecule is CNC(=O)C[C@H]1CN(C(=O)c2ccnc(OC)c2)C[C@@H]1OC. The highest BCUT2D eigenvalue weighted by Gasteiger charge is 2.36. The van der Waals surface area contributed by atoms with E-state index in [2.05, 4.69) is 10.3 Å². The summed E-state index contributed by atoms with van der Waals surface area (Å²) in [6.45, 7) is 0.969. The fourth-order valence-electron chi connectivity index (χ4n) is 2.65. The van der Waals surface area contributed by atoms with Crippen LogP contribution in [0.2, 0.25) is 0 Å². The van der Waals surface area contributed by atoms with Crippen LogP contribution in [0.1, 0.15) is 16.8 Å². The van der Waals surface area contributed by atoms with Gasteiger partial charge in [0, 0.05) is 57.4 Å². The number of carbonyl (C=O) groups excluding carboxylic acids is 2. The molecular formula is C15H21N3O4. The maximum absolute atomic E-state index is 12.6. The number of hydrogen-bond donors (Lipinski definition) is 1. The largest absolute Gasteiger partial charge is 0.481 e. The normalized spacial score (nSPS) is 20.8. The van der Waals surface area contributed by atoms with Gasteiger partial charge in [-0.15, -0.1) is 0 Å². The molecule has 120 valence electrons. The van der Waals surface area contributed by atoms with Gasteiger partial charge in [0.25, 0.3) is 5.91 Å². The molecule has 0 bridgehead atoms. The Hall–Kier alpha value is -2.15. The Morgan fingerprint density at radius 2 is 2.18 bits per heavy atom. The molecule has 1 N–H and O–H groups in total. The van der Waals surface area contributed by atoms with Crippen molar-refractivity contribution >= 4 is 11.8 Å². The number of likely N-dealkylation sites (tertiary alicyclic amines) is 1. The molecule has 1 fully saturated rings. The maximum atomic E-state index is 12.6. The Balaban J connectivity index is 2.09. The summed E-state index contributed by atoms with van der Waals surface area (Å²) < 4.78 is 10.5. The molecule has 0 aliphatic carbocycles. The molecule has 2 heterocycles. The summed E-state index contributed by atoms with van der Waals surface area (Å²) in [7, 11) is 4.71. The van der Waals surface area contributed by atoms with E-state index in [1.54, 1.807) is 31.2 Å². The quantitative estimate of drug-likeness (QED) is 0.847. The van der Waals surface area contributed by atoms with Gasteiger partial charge >= 0.3 is 0 Å². The molecule has 2 rings (SSSR count). The van der Waals surface area contributed by atoms with Gasteiger partial charge in [-0.3, -0.25) is 9.59 Å². The Morgan fingerprint density at radius 1 is 1.41 bits per heavy atom. The van der Waals surface area contributed by atoms with E-state index in [-0.39, 0.29) is 23.8 Å². The summed E-state index contributed by atoms with van der Waals surface area (Å²) in [6.07, 6.45) is 1.75. The van der Waals surface area contributed by atoms with E-state index >= 15 is 0 Å². The third kappa shape index (κ3) is 3.54. The molecule has 1 saturated heterocycles. The van der Waals surface area contributed by atoms with Crippen LogP contribution in [0.5, 0.6) is 5.88 Å². The van der Waals surface area contributed by atoms with Crippen molar-refractivity contribution in [3.05, 3.63) is 23.9 Å². The van der Waals surface area contributed by atoms with Crippen molar-refractivity contribution in [2.75, 3.05) is 34.4 Å². The van der Waals surface area contributed by atoms with Crippen LogP contribution in [0, 0.1) is 5.92 Å². The number of hydrogen-bond acceptors (Lipinski definition) is 5. The van der Waals surface area contributed by atoms with Crippen molar-refractivity contribution in [2.24, 2.45) is 5.92 Å². The lowest BCUT2D eigenvalue weighted by molar-refractivity contribution is -0.122. The highest BCUT2D eigenvalue weighted by molar-refractivity contribution is 5.94. The Bertz CT molecular complexity index is 549. The lowest BCUT2D eigenvalue weighted by Crippen LogP contribution is -2.30. The Labute approximate surface area is 129 Å². The van der Waals surface area contributed by atoms with Gasteiger partial charge in [-0.05, 0) is 6.07 Å². The highest BCUT2D eigenvalue weighted by atomic mass is 16.5. The average Bonchev–Trinajstić information content (AvgIpc) is 2.96. The monoisotopic (exact) mass is 307 g/mol. The number of carbonyl (C=O) groups is 2. The van der Waals surface area contributed by atoms with Crippen molar-refractivity contribution in [2.45, 2.75) is 12.5 Å². The topological polar surface area (TPSA) is 80.8 Å². The lowest BCUT2D eigenvalue weighted by Gasteiger charge is -2.16. The van der Waals surface area contributed by atoms with Crippen LogP contribution in [-0.4, -0.2) is 62.2 Å². The van der Waals surface area contributed by atoms with Gasteiger partial charge in [-0.1, -0.05) is 0 Å². The summed E-state index contributed by atoms with van der Waals surface area (Å²) >= 11 is 0. The first-order valence-corrected chi connectivity index (χ1v) is 7.11. The number of nitrogens with one attached hydrogen (secondary N) is 1. The van der Waals surface area contributed by atoms with E-state index in [0.29, 0.717) is 31.0 Å². The summed E-state index contributed by atoms with van der Waals surface area (Å²) in [6, 6.07) is 3.26. The summed E-state index contributed by atoms with van der Waals surface area (Å²) in [5.74, 6) is 0.238. The molecule has 0 radical (unpaired) electrons. The number of pyridine rings is 1. The molecule has 1 aliphatic rings. The molecule has 1 aromatic rings. The fourth-order valence-corrected chi connectivity index (χ4v) is 2.65. The number of methoxy groups -OCH3 is 2. The second kappa shape index (κ2) is 7.22. The minimum atomic E-state index is -0.134. The van der Waals surface area contributed by atoms with E-state index in [4.69, 9.17) is 9.47 Å². The average molecular weight is 307 g/mol. The fraction of sp³-hybridized carbons (Fsp3) is 0.533. The van der Waals surface area contributed by atoms with E-state index < -0.39 is 0 Å². The highest BCUT2D eigenvalue weighted by Crippen LogP contribution is 2.24. The van der Waals surface area contributed by atoms with Crippen LogP contribution >= 0.6 is 0 Å². The first-order valence-electron chi connectivity index (χ1n) is 7.11. The van der Waals surface area contributed by atoms with Crippen LogP contribution in [0.15, 0.2) is 18.3 Å². The molecule has 0 aromatic carbocycles. The summed E-state index contributed by atoms with van der Waals surface area (Å²) in [5, 5.41) is 2.60. The Morgan fingerprint density at radius 3 is 2.82 bits per heavy atom. The molecule has 7 heteroatoms. The molecule has 0 spiro atoms. The molecular weight excluding hydrogens is 286 g/mol. The number of ether oxygens (including phenoxy) is 2. The van der Waals surface area contributed by atoms with E-state index in [0.717, 1.165) is 0 Å². The van der Waals surface area contributed by atoms with Crippen LogP contribution in [0.3, 0.4) is 0 Å². The van der Waals surface area contributed by atoms with E-state index in [1.807, 2.05) is 0 Å². The minimum absolute atomic E-state index is 0.00219. The molecule has 2 atom stereocenters. The van der Waals surface area contributed by atoms with Crippen molar-refractivity contribution in [3.8, 4) is 5.88 Å². The second-order valence-electron chi connectivity index (χ2n) is 5.21. The summed E-state index contributed by atoms with van der Waals surface area (Å²) in [5.41, 5.74) is 0.516. The van der Waals surface area contributed by atoms with Gasteiger partial charge in [0.05, 0.1) is 13.2 Å². The summed E-state index contributed by atoms with van der Waals surface area (Å²) in [4.78, 5) is 29.8. The smallest absolute Gasteiger partial charge is 0.254 e. The minimum Gasteiger partial charge on any atom is -0.481 e. The van der Waals surface area contributed by atoms with Gasteiger partial charge in [-0.25, -0.2) is 4.98 Å². The number of aromatic nitrogens is 1.